The molecule has 1 rings (SSSR count). The Bertz CT molecular complexity index is 386. The van der Waals surface area contributed by atoms with Crippen molar-refractivity contribution in [2.75, 3.05) is 0 Å². The van der Waals surface area contributed by atoms with E-state index in [1.807, 2.05) is 18.2 Å². The van der Waals surface area contributed by atoms with Gasteiger partial charge in [0.2, 0.25) is 0 Å². The minimum absolute atomic E-state index is 0.360. The van der Waals surface area contributed by atoms with Crippen LogP contribution in [0.15, 0.2) is 30.3 Å². The number of carboxylic acid groups (broad SMARTS) is 1. The quantitative estimate of drug-likeness (QED) is 0.729. The summed E-state index contributed by atoms with van der Waals surface area (Å²) in [6.45, 7) is 6.52. The summed E-state index contributed by atoms with van der Waals surface area (Å²) in [5, 5.41) is 9.27. The van der Waals surface area contributed by atoms with Crippen LogP contribution in [0.3, 0.4) is 0 Å². The Labute approximate surface area is 122 Å². The van der Waals surface area contributed by atoms with Crippen LogP contribution in [0.4, 0.5) is 0 Å². The fourth-order valence-electron chi connectivity index (χ4n) is 2.22. The molecule has 20 heavy (non-hydrogen) atoms. The van der Waals surface area contributed by atoms with Gasteiger partial charge in [0.05, 0.1) is 0 Å². The summed E-state index contributed by atoms with van der Waals surface area (Å²) in [5.41, 5.74) is 0. The van der Waals surface area contributed by atoms with Gasteiger partial charge in [-0.2, -0.15) is 0 Å². The van der Waals surface area contributed by atoms with Crippen molar-refractivity contribution >= 4 is 5.97 Å². The van der Waals surface area contributed by atoms with Crippen molar-refractivity contribution in [1.82, 2.24) is 0 Å². The maximum absolute atomic E-state index is 11.3. The number of carbonyl (C=O) groups is 1. The Balaban J connectivity index is 2.44. The molecule has 1 N–H and O–H groups in total. The minimum Gasteiger partial charge on any atom is -0.479 e. The summed E-state index contributed by atoms with van der Waals surface area (Å²) < 4.78 is 5.57. The van der Waals surface area contributed by atoms with Gasteiger partial charge in [0.15, 0.2) is 6.10 Å². The van der Waals surface area contributed by atoms with Crippen LogP contribution in [-0.2, 0) is 4.79 Å². The topological polar surface area (TPSA) is 46.5 Å². The Morgan fingerprint density at radius 2 is 1.80 bits per heavy atom. The van der Waals surface area contributed by atoms with Gasteiger partial charge in [0.25, 0.3) is 0 Å². The first-order valence-corrected chi connectivity index (χ1v) is 7.43. The van der Waals surface area contributed by atoms with Crippen molar-refractivity contribution in [3.63, 3.8) is 0 Å². The van der Waals surface area contributed by atoms with Gasteiger partial charge < -0.3 is 9.84 Å². The van der Waals surface area contributed by atoms with Crippen LogP contribution >= 0.6 is 0 Å². The standard InChI is InChI=1S/C17H26O3/c1-13(2)8-7-9-14(3)12-16(17(18)19)20-15-10-5-4-6-11-15/h4-6,10-11,13-14,16H,7-9,12H2,1-3H3,(H,18,19). The number of benzene rings is 1. The second kappa shape index (κ2) is 8.62. The molecule has 0 saturated carbocycles. The summed E-state index contributed by atoms with van der Waals surface area (Å²) >= 11 is 0. The van der Waals surface area contributed by atoms with Gasteiger partial charge in [-0.25, -0.2) is 4.79 Å². The van der Waals surface area contributed by atoms with E-state index in [0.717, 1.165) is 12.8 Å². The monoisotopic (exact) mass is 278 g/mol. The van der Waals surface area contributed by atoms with Crippen LogP contribution in [0, 0.1) is 11.8 Å². The summed E-state index contributed by atoms with van der Waals surface area (Å²) in [5.74, 6) is 0.801. The van der Waals surface area contributed by atoms with Crippen molar-refractivity contribution < 1.29 is 14.6 Å². The van der Waals surface area contributed by atoms with Crippen LogP contribution in [-0.4, -0.2) is 17.2 Å². The van der Waals surface area contributed by atoms with Crippen LogP contribution in [0.1, 0.15) is 46.5 Å². The maximum atomic E-state index is 11.3. The SMILES string of the molecule is CC(C)CCCC(C)CC(Oc1ccccc1)C(=O)O. The summed E-state index contributed by atoms with van der Waals surface area (Å²) in [4.78, 5) is 11.3. The average molecular weight is 278 g/mol. The molecule has 0 bridgehead atoms. The van der Waals surface area contributed by atoms with E-state index in [2.05, 4.69) is 20.8 Å². The molecule has 3 nitrogen and oxygen atoms in total. The van der Waals surface area contributed by atoms with E-state index < -0.39 is 12.1 Å². The third kappa shape index (κ3) is 6.60. The smallest absolute Gasteiger partial charge is 0.344 e. The summed E-state index contributed by atoms with van der Waals surface area (Å²) in [7, 11) is 0. The van der Waals surface area contributed by atoms with Gasteiger partial charge in [-0.15, -0.1) is 0 Å². The molecule has 0 aliphatic carbocycles. The minimum atomic E-state index is -0.885. The maximum Gasteiger partial charge on any atom is 0.344 e. The molecule has 0 fully saturated rings. The van der Waals surface area contributed by atoms with Crippen molar-refractivity contribution in [2.24, 2.45) is 11.8 Å². The Morgan fingerprint density at radius 1 is 1.15 bits per heavy atom. The third-order valence-corrected chi connectivity index (χ3v) is 3.39. The Morgan fingerprint density at radius 3 is 2.35 bits per heavy atom. The lowest BCUT2D eigenvalue weighted by Gasteiger charge is -2.19. The van der Waals surface area contributed by atoms with Gasteiger partial charge in [0, 0.05) is 0 Å². The summed E-state index contributed by atoms with van der Waals surface area (Å²) in [6, 6.07) is 9.16. The van der Waals surface area contributed by atoms with Gasteiger partial charge in [-0.05, 0) is 30.4 Å². The van der Waals surface area contributed by atoms with Crippen LogP contribution < -0.4 is 4.74 Å². The average Bonchev–Trinajstić information content (AvgIpc) is 2.38. The molecule has 3 heteroatoms. The van der Waals surface area contributed by atoms with E-state index in [1.165, 1.54) is 6.42 Å². The molecule has 0 saturated heterocycles. The lowest BCUT2D eigenvalue weighted by Crippen LogP contribution is -2.29. The lowest BCUT2D eigenvalue weighted by molar-refractivity contribution is -0.145. The van der Waals surface area contributed by atoms with Crippen molar-refractivity contribution in [1.29, 1.82) is 0 Å². The van der Waals surface area contributed by atoms with Crippen LogP contribution in [0.25, 0.3) is 0 Å². The molecule has 0 heterocycles. The van der Waals surface area contributed by atoms with Crippen LogP contribution in [0.2, 0.25) is 0 Å². The molecule has 0 aliphatic rings. The third-order valence-electron chi connectivity index (χ3n) is 3.39. The van der Waals surface area contributed by atoms with E-state index in [4.69, 9.17) is 4.74 Å². The van der Waals surface area contributed by atoms with E-state index in [1.54, 1.807) is 12.1 Å². The molecule has 0 aromatic heterocycles. The van der Waals surface area contributed by atoms with Crippen LogP contribution in [0.5, 0.6) is 5.75 Å². The fourth-order valence-corrected chi connectivity index (χ4v) is 2.22. The van der Waals surface area contributed by atoms with Gasteiger partial charge >= 0.3 is 5.97 Å². The number of rotatable bonds is 9. The molecule has 1 aromatic carbocycles. The Hall–Kier alpha value is -1.51. The van der Waals surface area contributed by atoms with Gasteiger partial charge in [-0.3, -0.25) is 0 Å². The van der Waals surface area contributed by atoms with Crippen molar-refractivity contribution in [3.8, 4) is 5.75 Å². The molecular weight excluding hydrogens is 252 g/mol. The zero-order chi connectivity index (χ0) is 15.0. The van der Waals surface area contributed by atoms with E-state index in [-0.39, 0.29) is 0 Å². The lowest BCUT2D eigenvalue weighted by atomic mass is 9.95. The number of carboxylic acids is 1. The number of hydrogen-bond acceptors (Lipinski definition) is 2. The molecule has 2 unspecified atom stereocenters. The molecular formula is C17H26O3. The first kappa shape index (κ1) is 16.5. The van der Waals surface area contributed by atoms with E-state index in [9.17, 15) is 9.90 Å². The highest BCUT2D eigenvalue weighted by Gasteiger charge is 2.22. The predicted octanol–water partition coefficient (Wildman–Crippen LogP) is 4.37. The first-order chi connectivity index (χ1) is 9.49. The molecule has 0 amide bonds. The molecule has 112 valence electrons. The highest BCUT2D eigenvalue weighted by molar-refractivity contribution is 5.72. The van der Waals surface area contributed by atoms with Crippen molar-refractivity contribution in [3.05, 3.63) is 30.3 Å². The normalized spacial score (nSPS) is 14.0. The number of aliphatic carboxylic acids is 1. The van der Waals surface area contributed by atoms with Crippen molar-refractivity contribution in [2.45, 2.75) is 52.6 Å². The molecule has 0 aliphatic heterocycles. The number of hydrogen-bond donors (Lipinski definition) is 1. The van der Waals surface area contributed by atoms with Gasteiger partial charge in [0.1, 0.15) is 5.75 Å². The highest BCUT2D eigenvalue weighted by Crippen LogP contribution is 2.20. The molecule has 0 spiro atoms. The highest BCUT2D eigenvalue weighted by atomic mass is 16.5. The van der Waals surface area contributed by atoms with E-state index >= 15 is 0 Å². The van der Waals surface area contributed by atoms with E-state index in [0.29, 0.717) is 24.0 Å². The Kier molecular flexibility index (Phi) is 7.13. The molecule has 0 radical (unpaired) electrons. The van der Waals surface area contributed by atoms with Gasteiger partial charge in [-0.1, -0.05) is 58.2 Å². The zero-order valence-corrected chi connectivity index (χ0v) is 12.7. The second-order valence-corrected chi connectivity index (χ2v) is 5.92. The number of ether oxygens (including phenoxy) is 1. The summed E-state index contributed by atoms with van der Waals surface area (Å²) in [6.07, 6.45) is 3.20. The molecule has 1 aromatic rings. The molecule has 2 atom stereocenters. The predicted molar refractivity (Wildman–Crippen MR) is 81.0 cm³/mol. The fraction of sp³-hybridized carbons (Fsp3) is 0.588. The zero-order valence-electron chi connectivity index (χ0n) is 12.7. The first-order valence-electron chi connectivity index (χ1n) is 7.43. The largest absolute Gasteiger partial charge is 0.479 e. The second-order valence-electron chi connectivity index (χ2n) is 5.92. The number of para-hydroxylation sites is 1.